The van der Waals surface area contributed by atoms with Crippen LogP contribution in [0.5, 0.6) is 5.75 Å². The number of halogens is 1. The number of thiazole rings is 1. The maximum absolute atomic E-state index is 9.95. The summed E-state index contributed by atoms with van der Waals surface area (Å²) in [5, 5.41) is 16.3. The average Bonchev–Trinajstić information content (AvgIpc) is 2.91. The third kappa shape index (κ3) is 5.39. The molecule has 1 aromatic carbocycles. The Labute approximate surface area is 137 Å². The van der Waals surface area contributed by atoms with Gasteiger partial charge in [-0.2, -0.15) is 0 Å². The van der Waals surface area contributed by atoms with Crippen LogP contribution in [-0.2, 0) is 0 Å². The van der Waals surface area contributed by atoms with Gasteiger partial charge in [0.2, 0.25) is 0 Å². The Morgan fingerprint density at radius 3 is 2.71 bits per heavy atom. The summed E-state index contributed by atoms with van der Waals surface area (Å²) in [7, 11) is 0. The second-order valence-electron chi connectivity index (χ2n) is 4.88. The molecule has 0 aliphatic carbocycles. The van der Waals surface area contributed by atoms with Crippen molar-refractivity contribution in [2.45, 2.75) is 26.0 Å². The number of hydrogen-bond donors (Lipinski definition) is 2. The Kier molecular flexibility index (Phi) is 6.17. The van der Waals surface area contributed by atoms with Gasteiger partial charge in [-0.25, -0.2) is 4.98 Å². The summed E-state index contributed by atoms with van der Waals surface area (Å²) in [5.41, 5.74) is 1.03. The fourth-order valence-corrected chi connectivity index (χ4v) is 2.85. The van der Waals surface area contributed by atoms with Gasteiger partial charge in [0.15, 0.2) is 0 Å². The topological polar surface area (TPSA) is 54.4 Å². The summed E-state index contributed by atoms with van der Waals surface area (Å²) in [4.78, 5) is 4.43. The summed E-state index contributed by atoms with van der Waals surface area (Å²) >= 11 is 5.00. The van der Waals surface area contributed by atoms with E-state index in [1.165, 1.54) is 0 Å². The molecule has 0 spiro atoms. The molecule has 0 aliphatic heterocycles. The molecule has 21 heavy (non-hydrogen) atoms. The van der Waals surface area contributed by atoms with Crippen molar-refractivity contribution in [1.29, 1.82) is 0 Å². The number of ether oxygens (including phenoxy) is 1. The highest BCUT2D eigenvalue weighted by Gasteiger charge is 2.12. The van der Waals surface area contributed by atoms with Crippen molar-refractivity contribution < 1.29 is 9.84 Å². The average molecular weight is 371 g/mol. The Morgan fingerprint density at radius 1 is 1.38 bits per heavy atom. The minimum Gasteiger partial charge on any atom is -0.491 e. The minimum atomic E-state index is -0.558. The van der Waals surface area contributed by atoms with Crippen molar-refractivity contribution in [3.05, 3.63) is 44.8 Å². The summed E-state index contributed by atoms with van der Waals surface area (Å²) in [6, 6.07) is 7.68. The molecule has 0 saturated carbocycles. The quantitative estimate of drug-likeness (QED) is 0.784. The van der Waals surface area contributed by atoms with Gasteiger partial charge in [0.1, 0.15) is 23.5 Å². The molecule has 2 rings (SSSR count). The SMILES string of the molecule is Cc1csc(C(C)NCC(O)COc2ccc(Br)cc2)n1. The molecular weight excluding hydrogens is 352 g/mol. The Bertz CT molecular complexity index is 559. The zero-order valence-electron chi connectivity index (χ0n) is 12.0. The molecule has 114 valence electrons. The lowest BCUT2D eigenvalue weighted by Gasteiger charge is -2.16. The maximum Gasteiger partial charge on any atom is 0.119 e. The molecule has 2 atom stereocenters. The van der Waals surface area contributed by atoms with E-state index < -0.39 is 6.10 Å². The third-order valence-electron chi connectivity index (χ3n) is 2.92. The lowest BCUT2D eigenvalue weighted by atomic mass is 10.3. The number of aliphatic hydroxyl groups excluding tert-OH is 1. The van der Waals surface area contributed by atoms with Gasteiger partial charge < -0.3 is 15.2 Å². The lowest BCUT2D eigenvalue weighted by molar-refractivity contribution is 0.104. The number of benzene rings is 1. The van der Waals surface area contributed by atoms with Gasteiger partial charge >= 0.3 is 0 Å². The summed E-state index contributed by atoms with van der Waals surface area (Å²) < 4.78 is 6.55. The molecule has 2 aromatic rings. The van der Waals surface area contributed by atoms with E-state index in [0.29, 0.717) is 6.54 Å². The van der Waals surface area contributed by atoms with Gasteiger partial charge in [-0.1, -0.05) is 15.9 Å². The van der Waals surface area contributed by atoms with Gasteiger partial charge in [0.25, 0.3) is 0 Å². The van der Waals surface area contributed by atoms with E-state index >= 15 is 0 Å². The van der Waals surface area contributed by atoms with E-state index in [1.807, 2.05) is 43.5 Å². The van der Waals surface area contributed by atoms with Crippen LogP contribution in [0.25, 0.3) is 0 Å². The first-order valence-electron chi connectivity index (χ1n) is 6.76. The van der Waals surface area contributed by atoms with E-state index in [0.717, 1.165) is 20.9 Å². The molecule has 1 aromatic heterocycles. The molecule has 0 bridgehead atoms. The van der Waals surface area contributed by atoms with Crippen molar-refractivity contribution in [3.8, 4) is 5.75 Å². The van der Waals surface area contributed by atoms with Crippen LogP contribution < -0.4 is 10.1 Å². The largest absolute Gasteiger partial charge is 0.491 e. The highest BCUT2D eigenvalue weighted by atomic mass is 79.9. The zero-order valence-corrected chi connectivity index (χ0v) is 14.4. The van der Waals surface area contributed by atoms with Crippen LogP contribution >= 0.6 is 27.3 Å². The summed E-state index contributed by atoms with van der Waals surface area (Å²) in [6.07, 6.45) is -0.558. The van der Waals surface area contributed by atoms with E-state index in [4.69, 9.17) is 4.74 Å². The van der Waals surface area contributed by atoms with Crippen LogP contribution in [0.2, 0.25) is 0 Å². The molecule has 0 fully saturated rings. The van der Waals surface area contributed by atoms with Crippen molar-refractivity contribution in [2.24, 2.45) is 0 Å². The van der Waals surface area contributed by atoms with Gasteiger partial charge in [0, 0.05) is 22.1 Å². The number of aromatic nitrogens is 1. The highest BCUT2D eigenvalue weighted by Crippen LogP contribution is 2.18. The number of aliphatic hydroxyl groups is 1. The molecule has 4 nitrogen and oxygen atoms in total. The number of rotatable bonds is 7. The van der Waals surface area contributed by atoms with Crippen LogP contribution in [0.1, 0.15) is 23.7 Å². The molecule has 1 heterocycles. The molecule has 6 heteroatoms. The second-order valence-corrected chi connectivity index (χ2v) is 6.68. The minimum absolute atomic E-state index is 0.131. The standard InChI is InChI=1S/C15H19BrN2O2S/c1-10-9-21-15(18-10)11(2)17-7-13(19)8-20-14-5-3-12(16)4-6-14/h3-6,9,11,13,17,19H,7-8H2,1-2H3. The Balaban J connectivity index is 1.72. The van der Waals surface area contributed by atoms with E-state index in [-0.39, 0.29) is 12.6 Å². The maximum atomic E-state index is 9.95. The van der Waals surface area contributed by atoms with Gasteiger partial charge in [0.05, 0.1) is 6.04 Å². The lowest BCUT2D eigenvalue weighted by Crippen LogP contribution is -2.33. The number of nitrogens with one attached hydrogen (secondary N) is 1. The zero-order chi connectivity index (χ0) is 15.2. The van der Waals surface area contributed by atoms with Crippen LogP contribution in [0.4, 0.5) is 0 Å². The Hall–Kier alpha value is -0.950. The normalized spacial score (nSPS) is 13.9. The monoisotopic (exact) mass is 370 g/mol. The predicted octanol–water partition coefficient (Wildman–Crippen LogP) is 3.30. The molecular formula is C15H19BrN2O2S. The van der Waals surface area contributed by atoms with Crippen molar-refractivity contribution >= 4 is 27.3 Å². The highest BCUT2D eigenvalue weighted by molar-refractivity contribution is 9.10. The Morgan fingerprint density at radius 2 is 2.10 bits per heavy atom. The molecule has 2 N–H and O–H groups in total. The summed E-state index contributed by atoms with van der Waals surface area (Å²) in [6.45, 7) is 4.75. The molecule has 0 aliphatic rings. The van der Waals surface area contributed by atoms with Gasteiger partial charge in [-0.05, 0) is 38.1 Å². The van der Waals surface area contributed by atoms with E-state index in [2.05, 4.69) is 26.2 Å². The molecule has 0 amide bonds. The molecule has 0 radical (unpaired) electrons. The van der Waals surface area contributed by atoms with E-state index in [1.54, 1.807) is 11.3 Å². The van der Waals surface area contributed by atoms with Crippen LogP contribution in [0.15, 0.2) is 34.1 Å². The van der Waals surface area contributed by atoms with Crippen LogP contribution in [0, 0.1) is 6.92 Å². The first-order chi connectivity index (χ1) is 10.0. The first kappa shape index (κ1) is 16.4. The van der Waals surface area contributed by atoms with Gasteiger partial charge in [-0.3, -0.25) is 0 Å². The van der Waals surface area contributed by atoms with E-state index in [9.17, 15) is 5.11 Å². The second kappa shape index (κ2) is 7.89. The fraction of sp³-hybridized carbons (Fsp3) is 0.400. The van der Waals surface area contributed by atoms with Crippen molar-refractivity contribution in [3.63, 3.8) is 0 Å². The predicted molar refractivity (Wildman–Crippen MR) is 88.9 cm³/mol. The molecule has 2 unspecified atom stereocenters. The number of aryl methyl sites for hydroxylation is 1. The first-order valence-corrected chi connectivity index (χ1v) is 8.43. The third-order valence-corrected chi connectivity index (χ3v) is 4.60. The fourth-order valence-electron chi connectivity index (χ4n) is 1.75. The van der Waals surface area contributed by atoms with Crippen molar-refractivity contribution in [1.82, 2.24) is 10.3 Å². The summed E-state index contributed by atoms with van der Waals surface area (Å²) in [5.74, 6) is 0.751. The number of nitrogens with zero attached hydrogens (tertiary/aromatic N) is 1. The molecule has 0 saturated heterocycles. The van der Waals surface area contributed by atoms with Gasteiger partial charge in [-0.15, -0.1) is 11.3 Å². The smallest absolute Gasteiger partial charge is 0.119 e. The van der Waals surface area contributed by atoms with Crippen LogP contribution in [0.3, 0.4) is 0 Å². The van der Waals surface area contributed by atoms with Crippen LogP contribution in [-0.4, -0.2) is 29.3 Å². The van der Waals surface area contributed by atoms with Crippen molar-refractivity contribution in [2.75, 3.05) is 13.2 Å². The number of hydrogen-bond acceptors (Lipinski definition) is 5.